The molecule has 0 amide bonds. The van der Waals surface area contributed by atoms with Gasteiger partial charge in [-0.05, 0) is 31.4 Å². The van der Waals surface area contributed by atoms with Gasteiger partial charge >= 0.3 is 0 Å². The fourth-order valence-electron chi connectivity index (χ4n) is 1.44. The van der Waals surface area contributed by atoms with Crippen LogP contribution < -0.4 is 0 Å². The normalized spacial score (nSPS) is 20.2. The van der Waals surface area contributed by atoms with Gasteiger partial charge in [0.2, 0.25) is 0 Å². The van der Waals surface area contributed by atoms with Crippen LogP contribution in [-0.2, 0) is 5.60 Å². The number of rotatable bonds is 1. The van der Waals surface area contributed by atoms with Crippen LogP contribution in [0.5, 0.6) is 0 Å². The van der Waals surface area contributed by atoms with Crippen molar-refractivity contribution in [3.8, 4) is 0 Å². The van der Waals surface area contributed by atoms with Crippen molar-refractivity contribution in [2.75, 3.05) is 0 Å². The van der Waals surface area contributed by atoms with E-state index in [0.717, 1.165) is 19.3 Å². The first-order chi connectivity index (χ1) is 5.71. The molecular formula is C9H10ClNO. The van der Waals surface area contributed by atoms with Gasteiger partial charge in [0.05, 0.1) is 5.69 Å². The van der Waals surface area contributed by atoms with Gasteiger partial charge in [-0.3, -0.25) is 0 Å². The van der Waals surface area contributed by atoms with Gasteiger partial charge in [-0.15, -0.1) is 0 Å². The Morgan fingerprint density at radius 3 is 2.67 bits per heavy atom. The van der Waals surface area contributed by atoms with Crippen molar-refractivity contribution in [3.05, 3.63) is 29.0 Å². The average Bonchev–Trinajstić information content (AvgIpc) is 2.00. The lowest BCUT2D eigenvalue weighted by molar-refractivity contribution is -0.0426. The first-order valence-electron chi connectivity index (χ1n) is 4.06. The number of nitrogens with zero attached hydrogens (tertiary/aromatic N) is 1. The molecule has 1 aliphatic rings. The van der Waals surface area contributed by atoms with Crippen molar-refractivity contribution in [1.29, 1.82) is 0 Å². The van der Waals surface area contributed by atoms with E-state index in [-0.39, 0.29) is 0 Å². The van der Waals surface area contributed by atoms with Gasteiger partial charge in [0.15, 0.2) is 0 Å². The van der Waals surface area contributed by atoms with Crippen LogP contribution in [-0.4, -0.2) is 10.1 Å². The van der Waals surface area contributed by atoms with Gasteiger partial charge < -0.3 is 5.11 Å². The van der Waals surface area contributed by atoms with E-state index in [1.807, 2.05) is 12.1 Å². The Bertz CT molecular complexity index is 296. The Kier molecular flexibility index (Phi) is 1.81. The summed E-state index contributed by atoms with van der Waals surface area (Å²) in [7, 11) is 0. The number of aliphatic hydroxyl groups is 1. The zero-order valence-electron chi connectivity index (χ0n) is 6.63. The van der Waals surface area contributed by atoms with Crippen LogP contribution in [0, 0.1) is 0 Å². The van der Waals surface area contributed by atoms with E-state index in [2.05, 4.69) is 4.98 Å². The van der Waals surface area contributed by atoms with Gasteiger partial charge in [-0.1, -0.05) is 17.7 Å². The average molecular weight is 184 g/mol. The van der Waals surface area contributed by atoms with Crippen molar-refractivity contribution < 1.29 is 5.11 Å². The maximum atomic E-state index is 9.88. The number of pyridine rings is 1. The maximum Gasteiger partial charge on any atom is 0.129 e. The zero-order chi connectivity index (χ0) is 8.60. The number of halogens is 1. The van der Waals surface area contributed by atoms with Crippen molar-refractivity contribution in [2.24, 2.45) is 0 Å². The molecular weight excluding hydrogens is 174 g/mol. The molecule has 1 heterocycles. The third kappa shape index (κ3) is 1.21. The van der Waals surface area contributed by atoms with E-state index in [9.17, 15) is 5.11 Å². The topological polar surface area (TPSA) is 33.1 Å². The first kappa shape index (κ1) is 8.02. The molecule has 1 saturated carbocycles. The highest BCUT2D eigenvalue weighted by Gasteiger charge is 2.37. The van der Waals surface area contributed by atoms with Crippen LogP contribution >= 0.6 is 11.6 Å². The molecule has 0 saturated heterocycles. The monoisotopic (exact) mass is 183 g/mol. The van der Waals surface area contributed by atoms with Crippen LogP contribution in [0.1, 0.15) is 25.0 Å². The SMILES string of the molecule is OC1(c2cccc(Cl)n2)CCC1. The summed E-state index contributed by atoms with van der Waals surface area (Å²) in [6.07, 6.45) is 2.69. The third-order valence-electron chi connectivity index (χ3n) is 2.37. The molecule has 0 aliphatic heterocycles. The zero-order valence-corrected chi connectivity index (χ0v) is 7.38. The van der Waals surface area contributed by atoms with Crippen molar-refractivity contribution in [1.82, 2.24) is 4.98 Å². The van der Waals surface area contributed by atoms with E-state index in [4.69, 9.17) is 11.6 Å². The van der Waals surface area contributed by atoms with Crippen LogP contribution in [0.15, 0.2) is 18.2 Å². The summed E-state index contributed by atoms with van der Waals surface area (Å²) < 4.78 is 0. The second-order valence-electron chi connectivity index (χ2n) is 3.23. The minimum absolute atomic E-state index is 0.452. The predicted octanol–water partition coefficient (Wildman–Crippen LogP) is 2.11. The number of aromatic nitrogens is 1. The molecule has 2 nitrogen and oxygen atoms in total. The maximum absolute atomic E-state index is 9.88. The highest BCUT2D eigenvalue weighted by molar-refractivity contribution is 6.29. The highest BCUT2D eigenvalue weighted by Crippen LogP contribution is 2.40. The molecule has 0 spiro atoms. The van der Waals surface area contributed by atoms with Crippen LogP contribution in [0.25, 0.3) is 0 Å². The van der Waals surface area contributed by atoms with E-state index in [0.29, 0.717) is 10.8 Å². The molecule has 0 aromatic carbocycles. The first-order valence-corrected chi connectivity index (χ1v) is 4.44. The van der Waals surface area contributed by atoms with Crippen LogP contribution in [0.2, 0.25) is 5.15 Å². The molecule has 3 heteroatoms. The molecule has 2 rings (SSSR count). The lowest BCUT2D eigenvalue weighted by atomic mass is 9.78. The van der Waals surface area contributed by atoms with Gasteiger partial charge in [0.1, 0.15) is 10.8 Å². The molecule has 1 aliphatic carbocycles. The second-order valence-corrected chi connectivity index (χ2v) is 3.62. The molecule has 1 aromatic heterocycles. The standard InChI is InChI=1S/C9H10ClNO/c10-8-4-1-3-7(11-8)9(12)5-2-6-9/h1,3-4,12H,2,5-6H2. The molecule has 0 unspecified atom stereocenters. The molecule has 1 fully saturated rings. The largest absolute Gasteiger partial charge is 0.384 e. The van der Waals surface area contributed by atoms with E-state index in [1.165, 1.54) is 0 Å². The fraction of sp³-hybridized carbons (Fsp3) is 0.444. The minimum Gasteiger partial charge on any atom is -0.384 e. The molecule has 12 heavy (non-hydrogen) atoms. The highest BCUT2D eigenvalue weighted by atomic mass is 35.5. The lowest BCUT2D eigenvalue weighted by Gasteiger charge is -2.35. The van der Waals surface area contributed by atoms with Crippen molar-refractivity contribution in [3.63, 3.8) is 0 Å². The third-order valence-corrected chi connectivity index (χ3v) is 2.58. The van der Waals surface area contributed by atoms with E-state index < -0.39 is 5.60 Å². The van der Waals surface area contributed by atoms with Crippen molar-refractivity contribution in [2.45, 2.75) is 24.9 Å². The van der Waals surface area contributed by atoms with Gasteiger partial charge in [-0.2, -0.15) is 0 Å². The molecule has 64 valence electrons. The Morgan fingerprint density at radius 2 is 2.17 bits per heavy atom. The Labute approximate surface area is 76.2 Å². The summed E-state index contributed by atoms with van der Waals surface area (Å²) >= 11 is 5.71. The summed E-state index contributed by atoms with van der Waals surface area (Å²) in [5.74, 6) is 0. The molecule has 1 aromatic rings. The van der Waals surface area contributed by atoms with Gasteiger partial charge in [0.25, 0.3) is 0 Å². The summed E-state index contributed by atoms with van der Waals surface area (Å²) in [4.78, 5) is 4.08. The Balaban J connectivity index is 2.33. The number of hydrogen-bond acceptors (Lipinski definition) is 2. The van der Waals surface area contributed by atoms with Gasteiger partial charge in [-0.25, -0.2) is 4.98 Å². The molecule has 0 atom stereocenters. The molecule has 0 bridgehead atoms. The summed E-state index contributed by atoms with van der Waals surface area (Å²) in [6, 6.07) is 5.36. The van der Waals surface area contributed by atoms with Crippen LogP contribution in [0.4, 0.5) is 0 Å². The van der Waals surface area contributed by atoms with E-state index >= 15 is 0 Å². The van der Waals surface area contributed by atoms with Crippen LogP contribution in [0.3, 0.4) is 0 Å². The van der Waals surface area contributed by atoms with Gasteiger partial charge in [0, 0.05) is 0 Å². The minimum atomic E-state index is -0.690. The molecule has 1 N–H and O–H groups in total. The smallest absolute Gasteiger partial charge is 0.129 e. The summed E-state index contributed by atoms with van der Waals surface area (Å²) in [6.45, 7) is 0. The fourth-order valence-corrected chi connectivity index (χ4v) is 1.60. The Hall–Kier alpha value is -0.600. The van der Waals surface area contributed by atoms with Crippen molar-refractivity contribution >= 4 is 11.6 Å². The summed E-state index contributed by atoms with van der Waals surface area (Å²) in [5, 5.41) is 10.3. The lowest BCUT2D eigenvalue weighted by Crippen LogP contribution is -2.34. The second kappa shape index (κ2) is 2.71. The Morgan fingerprint density at radius 1 is 1.42 bits per heavy atom. The number of hydrogen-bond donors (Lipinski definition) is 1. The van der Waals surface area contributed by atoms with E-state index in [1.54, 1.807) is 6.07 Å². The summed E-state index contributed by atoms with van der Waals surface area (Å²) in [5.41, 5.74) is 0.0199. The molecule has 0 radical (unpaired) electrons. The predicted molar refractivity (Wildman–Crippen MR) is 47.0 cm³/mol. The quantitative estimate of drug-likeness (QED) is 0.677.